The summed E-state index contributed by atoms with van der Waals surface area (Å²) in [5.41, 5.74) is 0.686. The van der Waals surface area contributed by atoms with E-state index < -0.39 is 0 Å². The number of nitrogens with one attached hydrogen (secondary N) is 1. The van der Waals surface area contributed by atoms with Crippen molar-refractivity contribution in [2.45, 2.75) is 32.0 Å². The third kappa shape index (κ3) is 3.21. The molecule has 5 heteroatoms. The Bertz CT molecular complexity index is 439. The van der Waals surface area contributed by atoms with Crippen molar-refractivity contribution >= 4 is 39.1 Å². The predicted molar refractivity (Wildman–Crippen MR) is 71.4 cm³/mol. The van der Waals surface area contributed by atoms with Crippen molar-refractivity contribution in [3.05, 3.63) is 27.7 Å². The normalized spacial score (nSPS) is 23.7. The minimum absolute atomic E-state index is 0.104. The van der Waals surface area contributed by atoms with Gasteiger partial charge in [0.05, 0.1) is 11.1 Å². The Morgan fingerprint density at radius 1 is 1.53 bits per heavy atom. The minimum Gasteiger partial charge on any atom is -0.365 e. The van der Waals surface area contributed by atoms with Crippen molar-refractivity contribution in [3.63, 3.8) is 0 Å². The summed E-state index contributed by atoms with van der Waals surface area (Å²) in [7, 11) is 0. The monoisotopic (exact) mass is 317 g/mol. The van der Waals surface area contributed by atoms with Crippen LogP contribution in [0, 0.1) is 0 Å². The van der Waals surface area contributed by atoms with Gasteiger partial charge in [-0.25, -0.2) is 0 Å². The number of hydrogen-bond donors (Lipinski definition) is 1. The largest absolute Gasteiger partial charge is 0.365 e. The molecule has 1 N–H and O–H groups in total. The number of anilines is 1. The minimum atomic E-state index is -0.340. The van der Waals surface area contributed by atoms with Gasteiger partial charge >= 0.3 is 0 Å². The Balaban J connectivity index is 2.00. The predicted octanol–water partition coefficient (Wildman–Crippen LogP) is 3.61. The molecule has 1 aliphatic heterocycles. The number of hydrogen-bond acceptors (Lipinski definition) is 2. The molecule has 92 valence electrons. The smallest absolute Gasteiger partial charge is 0.253 e. The van der Waals surface area contributed by atoms with E-state index in [0.717, 1.165) is 17.3 Å². The van der Waals surface area contributed by atoms with Crippen molar-refractivity contribution in [3.8, 4) is 0 Å². The number of benzene rings is 1. The van der Waals surface area contributed by atoms with E-state index in [1.165, 1.54) is 0 Å². The maximum Gasteiger partial charge on any atom is 0.253 e. The summed E-state index contributed by atoms with van der Waals surface area (Å²) in [6, 6.07) is 5.31. The van der Waals surface area contributed by atoms with Crippen LogP contribution in [-0.4, -0.2) is 18.1 Å². The second-order valence-electron chi connectivity index (χ2n) is 4.13. The molecule has 2 atom stereocenters. The third-order valence-corrected chi connectivity index (χ3v) is 3.94. The van der Waals surface area contributed by atoms with Gasteiger partial charge < -0.3 is 10.1 Å². The first-order chi connectivity index (χ1) is 8.06. The van der Waals surface area contributed by atoms with Gasteiger partial charge in [0, 0.05) is 10.2 Å². The second kappa shape index (κ2) is 5.38. The molecule has 0 spiro atoms. The van der Waals surface area contributed by atoms with E-state index in [4.69, 9.17) is 16.3 Å². The van der Waals surface area contributed by atoms with Crippen LogP contribution in [0.25, 0.3) is 0 Å². The van der Waals surface area contributed by atoms with E-state index in [-0.39, 0.29) is 18.1 Å². The van der Waals surface area contributed by atoms with E-state index in [9.17, 15) is 4.79 Å². The zero-order valence-corrected chi connectivity index (χ0v) is 11.7. The SMILES string of the molecule is CC1CCC(C(=O)Nc2ccc(Br)c(Cl)c2)O1. The third-order valence-electron chi connectivity index (χ3n) is 2.71. The first kappa shape index (κ1) is 12.9. The topological polar surface area (TPSA) is 38.3 Å². The Hall–Kier alpha value is -0.580. The number of ether oxygens (including phenoxy) is 1. The molecule has 0 aromatic heterocycles. The molecule has 0 radical (unpaired) electrons. The summed E-state index contributed by atoms with van der Waals surface area (Å²) < 4.78 is 6.30. The molecule has 17 heavy (non-hydrogen) atoms. The zero-order chi connectivity index (χ0) is 12.4. The lowest BCUT2D eigenvalue weighted by atomic mass is 10.2. The number of amides is 1. The number of carbonyl (C=O) groups is 1. The number of halogens is 2. The molecule has 1 amide bonds. The molecule has 1 heterocycles. The molecule has 1 fully saturated rings. The van der Waals surface area contributed by atoms with Crippen LogP contribution in [0.1, 0.15) is 19.8 Å². The van der Waals surface area contributed by atoms with Crippen LogP contribution in [0.3, 0.4) is 0 Å². The highest BCUT2D eigenvalue weighted by Gasteiger charge is 2.28. The molecular formula is C12H13BrClNO2. The first-order valence-corrected chi connectivity index (χ1v) is 6.65. The first-order valence-electron chi connectivity index (χ1n) is 5.47. The van der Waals surface area contributed by atoms with Crippen molar-refractivity contribution in [1.29, 1.82) is 0 Å². The van der Waals surface area contributed by atoms with E-state index in [1.54, 1.807) is 18.2 Å². The molecule has 1 aliphatic rings. The molecule has 0 aliphatic carbocycles. The molecule has 2 rings (SSSR count). The average Bonchev–Trinajstić information content (AvgIpc) is 2.70. The number of rotatable bonds is 2. The van der Waals surface area contributed by atoms with Gasteiger partial charge in [-0.05, 0) is 53.9 Å². The van der Waals surface area contributed by atoms with Crippen LogP contribution in [0.15, 0.2) is 22.7 Å². The highest BCUT2D eigenvalue weighted by Crippen LogP contribution is 2.26. The quantitative estimate of drug-likeness (QED) is 0.904. The Kier molecular flexibility index (Phi) is 4.07. The highest BCUT2D eigenvalue weighted by atomic mass is 79.9. The van der Waals surface area contributed by atoms with Gasteiger partial charge in [0.1, 0.15) is 6.10 Å². The van der Waals surface area contributed by atoms with Gasteiger partial charge in [0.15, 0.2) is 0 Å². The summed E-state index contributed by atoms with van der Waals surface area (Å²) >= 11 is 9.25. The van der Waals surface area contributed by atoms with Crippen LogP contribution >= 0.6 is 27.5 Å². The Morgan fingerprint density at radius 3 is 2.88 bits per heavy atom. The van der Waals surface area contributed by atoms with E-state index in [1.807, 2.05) is 6.92 Å². The van der Waals surface area contributed by atoms with Crippen LogP contribution < -0.4 is 5.32 Å². The van der Waals surface area contributed by atoms with Gasteiger partial charge in [0.2, 0.25) is 0 Å². The summed E-state index contributed by atoms with van der Waals surface area (Å²) in [6.45, 7) is 1.98. The lowest BCUT2D eigenvalue weighted by molar-refractivity contribution is -0.126. The van der Waals surface area contributed by atoms with Crippen LogP contribution in [0.2, 0.25) is 5.02 Å². The highest BCUT2D eigenvalue weighted by molar-refractivity contribution is 9.10. The summed E-state index contributed by atoms with van der Waals surface area (Å²) in [5, 5.41) is 3.38. The molecule has 0 saturated carbocycles. The van der Waals surface area contributed by atoms with Gasteiger partial charge in [-0.2, -0.15) is 0 Å². The molecule has 1 aromatic carbocycles. The molecule has 1 aromatic rings. The maximum atomic E-state index is 11.9. The molecule has 0 bridgehead atoms. The van der Waals surface area contributed by atoms with Gasteiger partial charge in [-0.1, -0.05) is 11.6 Å². The average molecular weight is 319 g/mol. The fourth-order valence-electron chi connectivity index (χ4n) is 1.79. The summed E-state index contributed by atoms with van der Waals surface area (Å²) in [5.74, 6) is -0.104. The fourth-order valence-corrected chi connectivity index (χ4v) is 2.22. The number of carbonyl (C=O) groups excluding carboxylic acids is 1. The lowest BCUT2D eigenvalue weighted by Crippen LogP contribution is -2.27. The fraction of sp³-hybridized carbons (Fsp3) is 0.417. The van der Waals surface area contributed by atoms with Crippen molar-refractivity contribution in [2.75, 3.05) is 5.32 Å². The summed E-state index contributed by atoms with van der Waals surface area (Å²) in [4.78, 5) is 11.9. The Morgan fingerprint density at radius 2 is 2.29 bits per heavy atom. The van der Waals surface area contributed by atoms with Crippen LogP contribution in [-0.2, 0) is 9.53 Å². The zero-order valence-electron chi connectivity index (χ0n) is 9.37. The van der Waals surface area contributed by atoms with Crippen LogP contribution in [0.4, 0.5) is 5.69 Å². The maximum absolute atomic E-state index is 11.9. The van der Waals surface area contributed by atoms with Gasteiger partial charge in [-0.15, -0.1) is 0 Å². The Labute approximate surface area is 114 Å². The standard InChI is InChI=1S/C12H13BrClNO2/c1-7-2-5-11(17-7)12(16)15-8-3-4-9(13)10(14)6-8/h3-4,6-7,11H,2,5H2,1H3,(H,15,16). The molecule has 3 nitrogen and oxygen atoms in total. The molecular weight excluding hydrogens is 305 g/mol. The van der Waals surface area contributed by atoms with E-state index >= 15 is 0 Å². The van der Waals surface area contributed by atoms with Crippen molar-refractivity contribution in [1.82, 2.24) is 0 Å². The second-order valence-corrected chi connectivity index (χ2v) is 5.39. The van der Waals surface area contributed by atoms with E-state index in [0.29, 0.717) is 10.7 Å². The van der Waals surface area contributed by atoms with Gasteiger partial charge in [0.25, 0.3) is 5.91 Å². The van der Waals surface area contributed by atoms with Crippen molar-refractivity contribution in [2.24, 2.45) is 0 Å². The van der Waals surface area contributed by atoms with Gasteiger partial charge in [-0.3, -0.25) is 4.79 Å². The molecule has 1 saturated heterocycles. The lowest BCUT2D eigenvalue weighted by Gasteiger charge is -2.12. The van der Waals surface area contributed by atoms with E-state index in [2.05, 4.69) is 21.2 Å². The summed E-state index contributed by atoms with van der Waals surface area (Å²) in [6.07, 6.45) is 1.53. The molecule has 2 unspecified atom stereocenters. The van der Waals surface area contributed by atoms with Crippen LogP contribution in [0.5, 0.6) is 0 Å². The van der Waals surface area contributed by atoms with Crippen molar-refractivity contribution < 1.29 is 9.53 Å².